The molecule has 1 aliphatic heterocycles. The number of piperidine rings is 1. The Kier molecular flexibility index (Phi) is 11.2. The maximum atomic E-state index is 4.41. The van der Waals surface area contributed by atoms with Crippen molar-refractivity contribution in [2.24, 2.45) is 4.99 Å². The largest absolute Gasteiger partial charge is 0.356 e. The fraction of sp³-hybridized carbons (Fsp3) is 0.667. The molecule has 0 amide bonds. The molecule has 0 spiro atoms. The first-order chi connectivity index (χ1) is 12.1. The van der Waals surface area contributed by atoms with E-state index in [0.29, 0.717) is 12.0 Å². The number of benzene rings is 1. The van der Waals surface area contributed by atoms with Gasteiger partial charge >= 0.3 is 0 Å². The Labute approximate surface area is 177 Å². The van der Waals surface area contributed by atoms with E-state index in [9.17, 15) is 0 Å². The average molecular weight is 472 g/mol. The molecule has 0 aliphatic carbocycles. The van der Waals surface area contributed by atoms with Crippen molar-refractivity contribution < 1.29 is 0 Å². The lowest BCUT2D eigenvalue weighted by atomic mass is 9.99. The van der Waals surface area contributed by atoms with Crippen LogP contribution in [-0.4, -0.2) is 50.1 Å². The Morgan fingerprint density at radius 3 is 2.65 bits per heavy atom. The van der Waals surface area contributed by atoms with Crippen LogP contribution in [0.25, 0.3) is 0 Å². The molecule has 1 aromatic carbocycles. The summed E-state index contributed by atoms with van der Waals surface area (Å²) in [5.74, 6) is 1.40. The number of guanidine groups is 1. The Morgan fingerprint density at radius 1 is 1.31 bits per heavy atom. The zero-order valence-electron chi connectivity index (χ0n) is 16.9. The molecule has 5 heteroatoms. The standard InChI is InChI=1S/C21H36N4.HI/c1-5-6-12-25-13-10-20(11-14-25)24-21(22-4)23-16-18(3)19-9-7-8-17(2)15-19;/h7-9,15,18,20H,5-6,10-14,16H2,1-4H3,(H2,22,23,24);1H. The molecule has 1 aliphatic rings. The molecule has 0 aromatic heterocycles. The molecule has 1 saturated heterocycles. The van der Waals surface area contributed by atoms with Gasteiger partial charge in [0.05, 0.1) is 0 Å². The molecule has 1 aromatic rings. The first-order valence-electron chi connectivity index (χ1n) is 9.88. The summed E-state index contributed by atoms with van der Waals surface area (Å²) in [6, 6.07) is 9.31. The smallest absolute Gasteiger partial charge is 0.191 e. The van der Waals surface area contributed by atoms with Crippen LogP contribution in [0.4, 0.5) is 0 Å². The highest BCUT2D eigenvalue weighted by atomic mass is 127. The number of nitrogens with zero attached hydrogens (tertiary/aromatic N) is 2. The Hall–Kier alpha value is -0.820. The third-order valence-electron chi connectivity index (χ3n) is 5.17. The van der Waals surface area contributed by atoms with Gasteiger partial charge in [0.25, 0.3) is 0 Å². The van der Waals surface area contributed by atoms with Crippen molar-refractivity contribution in [2.75, 3.05) is 33.2 Å². The van der Waals surface area contributed by atoms with Gasteiger partial charge in [-0.05, 0) is 44.2 Å². The van der Waals surface area contributed by atoms with E-state index in [1.54, 1.807) is 0 Å². The second-order valence-electron chi connectivity index (χ2n) is 7.38. The van der Waals surface area contributed by atoms with E-state index in [2.05, 4.69) is 65.6 Å². The number of aliphatic imine (C=N–C) groups is 1. The normalized spacial score (nSPS) is 17.5. The van der Waals surface area contributed by atoms with Gasteiger partial charge in [-0.2, -0.15) is 0 Å². The van der Waals surface area contributed by atoms with Crippen LogP contribution in [-0.2, 0) is 0 Å². The van der Waals surface area contributed by atoms with Crippen molar-refractivity contribution in [3.05, 3.63) is 35.4 Å². The topological polar surface area (TPSA) is 39.7 Å². The quantitative estimate of drug-likeness (QED) is 0.356. The van der Waals surface area contributed by atoms with E-state index < -0.39 is 0 Å². The third kappa shape index (κ3) is 7.82. The molecule has 26 heavy (non-hydrogen) atoms. The van der Waals surface area contributed by atoms with Crippen LogP contribution < -0.4 is 10.6 Å². The van der Waals surface area contributed by atoms with E-state index in [1.807, 2.05) is 7.05 Å². The molecule has 4 nitrogen and oxygen atoms in total. The van der Waals surface area contributed by atoms with E-state index in [4.69, 9.17) is 0 Å². The van der Waals surface area contributed by atoms with Crippen LogP contribution in [0.1, 0.15) is 56.6 Å². The average Bonchev–Trinajstić information content (AvgIpc) is 2.64. The van der Waals surface area contributed by atoms with Gasteiger partial charge in [-0.25, -0.2) is 0 Å². The summed E-state index contributed by atoms with van der Waals surface area (Å²) >= 11 is 0. The van der Waals surface area contributed by atoms with Gasteiger partial charge in [0.1, 0.15) is 0 Å². The van der Waals surface area contributed by atoms with E-state index in [1.165, 1.54) is 56.4 Å². The van der Waals surface area contributed by atoms with E-state index >= 15 is 0 Å². The Bertz CT molecular complexity index is 539. The van der Waals surface area contributed by atoms with Crippen molar-refractivity contribution in [3.8, 4) is 0 Å². The minimum absolute atomic E-state index is 0. The summed E-state index contributed by atoms with van der Waals surface area (Å²) in [5, 5.41) is 7.12. The highest BCUT2D eigenvalue weighted by molar-refractivity contribution is 14.0. The number of likely N-dealkylation sites (tertiary alicyclic amines) is 1. The lowest BCUT2D eigenvalue weighted by Crippen LogP contribution is -2.49. The molecule has 1 heterocycles. The van der Waals surface area contributed by atoms with Gasteiger partial charge in [-0.15, -0.1) is 24.0 Å². The molecule has 2 rings (SSSR count). The highest BCUT2D eigenvalue weighted by Crippen LogP contribution is 2.15. The predicted molar refractivity (Wildman–Crippen MR) is 124 cm³/mol. The minimum atomic E-state index is 0. The molecule has 2 N–H and O–H groups in total. The van der Waals surface area contributed by atoms with E-state index in [-0.39, 0.29) is 24.0 Å². The second-order valence-corrected chi connectivity index (χ2v) is 7.38. The maximum absolute atomic E-state index is 4.41. The van der Waals surface area contributed by atoms with Crippen LogP contribution in [0.3, 0.4) is 0 Å². The van der Waals surface area contributed by atoms with Gasteiger partial charge in [-0.3, -0.25) is 4.99 Å². The molecule has 1 fully saturated rings. The lowest BCUT2D eigenvalue weighted by molar-refractivity contribution is 0.203. The predicted octanol–water partition coefficient (Wildman–Crippen LogP) is 4.15. The zero-order chi connectivity index (χ0) is 18.1. The molecule has 148 valence electrons. The number of nitrogens with one attached hydrogen (secondary N) is 2. The molecular formula is C21H37IN4. The molecule has 1 atom stereocenters. The van der Waals surface area contributed by atoms with Crippen molar-refractivity contribution in [1.29, 1.82) is 0 Å². The van der Waals surface area contributed by atoms with Crippen LogP contribution in [0.2, 0.25) is 0 Å². The summed E-state index contributed by atoms with van der Waals surface area (Å²) < 4.78 is 0. The van der Waals surface area contributed by atoms with Crippen LogP contribution in [0.5, 0.6) is 0 Å². The van der Waals surface area contributed by atoms with Crippen LogP contribution in [0, 0.1) is 6.92 Å². The van der Waals surface area contributed by atoms with Crippen molar-refractivity contribution in [3.63, 3.8) is 0 Å². The Morgan fingerprint density at radius 2 is 2.04 bits per heavy atom. The summed E-state index contributed by atoms with van der Waals surface area (Å²) in [6.45, 7) is 11.2. The van der Waals surface area contributed by atoms with Gasteiger partial charge in [-0.1, -0.05) is 50.1 Å². The monoisotopic (exact) mass is 472 g/mol. The van der Waals surface area contributed by atoms with Crippen molar-refractivity contribution >= 4 is 29.9 Å². The fourth-order valence-electron chi connectivity index (χ4n) is 3.41. The number of aryl methyl sites for hydroxylation is 1. The van der Waals surface area contributed by atoms with E-state index in [0.717, 1.165) is 12.5 Å². The first-order valence-corrected chi connectivity index (χ1v) is 9.88. The summed E-state index contributed by atoms with van der Waals surface area (Å²) in [5.41, 5.74) is 2.70. The third-order valence-corrected chi connectivity index (χ3v) is 5.17. The maximum Gasteiger partial charge on any atom is 0.191 e. The zero-order valence-corrected chi connectivity index (χ0v) is 19.3. The molecule has 1 unspecified atom stereocenters. The first kappa shape index (κ1) is 23.2. The summed E-state index contributed by atoms with van der Waals surface area (Å²) in [6.07, 6.45) is 5.02. The molecule has 0 radical (unpaired) electrons. The summed E-state index contributed by atoms with van der Waals surface area (Å²) in [7, 11) is 1.86. The fourth-order valence-corrected chi connectivity index (χ4v) is 3.41. The van der Waals surface area contributed by atoms with Gasteiger partial charge in [0.2, 0.25) is 0 Å². The molecule has 0 bridgehead atoms. The van der Waals surface area contributed by atoms with Crippen LogP contribution >= 0.6 is 24.0 Å². The number of hydrogen-bond donors (Lipinski definition) is 2. The molecular weight excluding hydrogens is 435 g/mol. The van der Waals surface area contributed by atoms with Gasteiger partial charge in [0, 0.05) is 32.7 Å². The minimum Gasteiger partial charge on any atom is -0.356 e. The van der Waals surface area contributed by atoms with Crippen LogP contribution in [0.15, 0.2) is 29.3 Å². The van der Waals surface area contributed by atoms with Gasteiger partial charge < -0.3 is 15.5 Å². The number of rotatable bonds is 7. The lowest BCUT2D eigenvalue weighted by Gasteiger charge is -2.33. The number of unbranched alkanes of at least 4 members (excludes halogenated alkanes) is 1. The molecule has 0 saturated carbocycles. The SMILES string of the molecule is CCCCN1CCC(NC(=NC)NCC(C)c2cccc(C)c2)CC1.I. The Balaban J connectivity index is 0.00000338. The van der Waals surface area contributed by atoms with Crippen molar-refractivity contribution in [1.82, 2.24) is 15.5 Å². The summed E-state index contributed by atoms with van der Waals surface area (Å²) in [4.78, 5) is 7.01. The van der Waals surface area contributed by atoms with Crippen molar-refractivity contribution in [2.45, 2.75) is 58.4 Å². The van der Waals surface area contributed by atoms with Gasteiger partial charge in [0.15, 0.2) is 5.96 Å². The highest BCUT2D eigenvalue weighted by Gasteiger charge is 2.19. The second kappa shape index (κ2) is 12.5. The number of halogens is 1. The number of hydrogen-bond acceptors (Lipinski definition) is 2.